The summed E-state index contributed by atoms with van der Waals surface area (Å²) >= 11 is 0. The average molecular weight is 379 g/mol. The van der Waals surface area contributed by atoms with E-state index in [-0.39, 0.29) is 35.9 Å². The third kappa shape index (κ3) is 4.45. The van der Waals surface area contributed by atoms with Crippen LogP contribution in [-0.4, -0.2) is 35.4 Å². The third-order valence-electron chi connectivity index (χ3n) is 7.26. The van der Waals surface area contributed by atoms with Gasteiger partial charge in [-0.2, -0.15) is 0 Å². The maximum atomic E-state index is 12.1. The lowest BCUT2D eigenvalue weighted by Gasteiger charge is -2.57. The second-order valence-corrected chi connectivity index (χ2v) is 8.69. The number of aliphatic carboxylic acids is 1. The molecular formula is C22H34O5. The number of aliphatic hydroxyl groups is 1. The molecule has 0 heterocycles. The molecule has 1 saturated carbocycles. The summed E-state index contributed by atoms with van der Waals surface area (Å²) in [7, 11) is 0. The number of carboxylic acid groups (broad SMARTS) is 1. The summed E-state index contributed by atoms with van der Waals surface area (Å²) in [6.45, 7) is 8.01. The fourth-order valence-corrected chi connectivity index (χ4v) is 5.45. The van der Waals surface area contributed by atoms with Crippen molar-refractivity contribution in [2.75, 3.05) is 13.2 Å². The molecule has 0 spiro atoms. The molecule has 27 heavy (non-hydrogen) atoms. The minimum atomic E-state index is -0.707. The van der Waals surface area contributed by atoms with Gasteiger partial charge >= 0.3 is 11.9 Å². The van der Waals surface area contributed by atoms with Gasteiger partial charge in [0, 0.05) is 6.92 Å². The maximum absolute atomic E-state index is 12.1. The Morgan fingerprint density at radius 2 is 2.04 bits per heavy atom. The number of esters is 1. The van der Waals surface area contributed by atoms with Gasteiger partial charge in [-0.1, -0.05) is 25.5 Å². The molecule has 2 rings (SSSR count). The van der Waals surface area contributed by atoms with E-state index >= 15 is 0 Å². The molecule has 0 unspecified atom stereocenters. The lowest BCUT2D eigenvalue weighted by atomic mass is 9.46. The van der Waals surface area contributed by atoms with Gasteiger partial charge in [0.25, 0.3) is 0 Å². The van der Waals surface area contributed by atoms with E-state index in [1.807, 2.05) is 0 Å². The van der Waals surface area contributed by atoms with E-state index in [2.05, 4.69) is 26.8 Å². The predicted octanol–water partition coefficient (Wildman–Crippen LogP) is 4.11. The summed E-state index contributed by atoms with van der Waals surface area (Å²) in [5, 5.41) is 19.6. The Bertz CT molecular complexity index is 635. The summed E-state index contributed by atoms with van der Waals surface area (Å²) in [6.07, 6.45) is 9.02. The van der Waals surface area contributed by atoms with Crippen LogP contribution in [0.1, 0.15) is 66.2 Å². The number of carbonyl (C=O) groups excluding carboxylic acids is 1. The highest BCUT2D eigenvalue weighted by atomic mass is 16.5. The first kappa shape index (κ1) is 21.7. The summed E-state index contributed by atoms with van der Waals surface area (Å²) in [5.41, 5.74) is 1.92. The van der Waals surface area contributed by atoms with Crippen molar-refractivity contribution in [1.29, 1.82) is 0 Å². The van der Waals surface area contributed by atoms with Crippen LogP contribution in [-0.2, 0) is 14.3 Å². The smallest absolute Gasteiger partial charge is 0.307 e. The minimum Gasteiger partial charge on any atom is -0.481 e. The van der Waals surface area contributed by atoms with Gasteiger partial charge < -0.3 is 14.9 Å². The Labute approximate surface area is 162 Å². The van der Waals surface area contributed by atoms with Crippen LogP contribution in [0, 0.1) is 22.7 Å². The monoisotopic (exact) mass is 378 g/mol. The standard InChI is InChI=1S/C22H34O5/c1-15-6-5-7-19-21(15,3)12-9-18(20(25)26)22(19,4)11-8-17(14-23)10-13-27-16(2)24/h6,10,18-19,23H,5,7-9,11-14H2,1-4H3,(H,25,26)/b17-10-/t18-,19-,21-,22-/m0/s1. The average Bonchev–Trinajstić information content (AvgIpc) is 2.59. The second kappa shape index (κ2) is 8.59. The number of aliphatic hydroxyl groups excluding tert-OH is 1. The summed E-state index contributed by atoms with van der Waals surface area (Å²) in [5.74, 6) is -1.11. The van der Waals surface area contributed by atoms with Gasteiger partial charge in [0.1, 0.15) is 6.61 Å². The van der Waals surface area contributed by atoms with Crippen LogP contribution < -0.4 is 0 Å². The first-order valence-electron chi connectivity index (χ1n) is 9.97. The molecule has 5 heteroatoms. The van der Waals surface area contributed by atoms with E-state index in [1.165, 1.54) is 12.5 Å². The first-order chi connectivity index (χ1) is 12.6. The highest BCUT2D eigenvalue weighted by molar-refractivity contribution is 5.71. The highest BCUT2D eigenvalue weighted by Gasteiger charge is 2.56. The van der Waals surface area contributed by atoms with Crippen molar-refractivity contribution in [3.63, 3.8) is 0 Å². The summed E-state index contributed by atoms with van der Waals surface area (Å²) < 4.78 is 4.94. The van der Waals surface area contributed by atoms with Crippen LogP contribution in [0.4, 0.5) is 0 Å². The van der Waals surface area contributed by atoms with Crippen molar-refractivity contribution in [2.24, 2.45) is 22.7 Å². The van der Waals surface area contributed by atoms with Crippen LogP contribution >= 0.6 is 0 Å². The van der Waals surface area contributed by atoms with Crippen LogP contribution in [0.3, 0.4) is 0 Å². The van der Waals surface area contributed by atoms with Gasteiger partial charge in [0.15, 0.2) is 0 Å². The molecule has 2 N–H and O–H groups in total. The molecule has 2 aliphatic carbocycles. The third-order valence-corrected chi connectivity index (χ3v) is 7.26. The predicted molar refractivity (Wildman–Crippen MR) is 104 cm³/mol. The fraction of sp³-hybridized carbons (Fsp3) is 0.727. The molecule has 0 bridgehead atoms. The quantitative estimate of drug-likeness (QED) is 0.514. The number of ether oxygens (including phenoxy) is 1. The van der Waals surface area contributed by atoms with Gasteiger partial charge in [-0.05, 0) is 73.8 Å². The number of fused-ring (bicyclic) bond motifs is 1. The Balaban J connectivity index is 2.24. The fourth-order valence-electron chi connectivity index (χ4n) is 5.45. The van der Waals surface area contributed by atoms with Crippen LogP contribution in [0.2, 0.25) is 0 Å². The zero-order chi connectivity index (χ0) is 20.2. The molecule has 5 nitrogen and oxygen atoms in total. The number of rotatable bonds is 7. The zero-order valence-electron chi connectivity index (χ0n) is 17.1. The Kier molecular flexibility index (Phi) is 6.90. The van der Waals surface area contributed by atoms with Gasteiger partial charge in [0.2, 0.25) is 0 Å². The van der Waals surface area contributed by atoms with Gasteiger partial charge in [-0.25, -0.2) is 0 Å². The van der Waals surface area contributed by atoms with Crippen LogP contribution in [0.5, 0.6) is 0 Å². The van der Waals surface area contributed by atoms with Crippen molar-refractivity contribution in [2.45, 2.75) is 66.2 Å². The molecule has 0 aromatic rings. The van der Waals surface area contributed by atoms with Gasteiger partial charge in [-0.15, -0.1) is 0 Å². The molecule has 2 aliphatic rings. The summed E-state index contributed by atoms with van der Waals surface area (Å²) in [4.78, 5) is 23.0. The van der Waals surface area contributed by atoms with Crippen molar-refractivity contribution < 1.29 is 24.5 Å². The molecule has 0 aliphatic heterocycles. The van der Waals surface area contributed by atoms with Crippen molar-refractivity contribution in [3.05, 3.63) is 23.3 Å². The normalized spacial score (nSPS) is 33.8. The minimum absolute atomic E-state index is 0.0553. The molecule has 152 valence electrons. The van der Waals surface area contributed by atoms with E-state index < -0.39 is 5.97 Å². The van der Waals surface area contributed by atoms with Crippen molar-refractivity contribution >= 4 is 11.9 Å². The molecule has 0 aromatic heterocycles. The number of allylic oxidation sites excluding steroid dienone is 2. The van der Waals surface area contributed by atoms with Crippen molar-refractivity contribution in [1.82, 2.24) is 0 Å². The SMILES string of the molecule is CC(=O)OC/C=C(\CO)CC[C@]1(C)[C@H]2CCC=C(C)[C@]2(C)CC[C@H]1C(=O)O. The maximum Gasteiger partial charge on any atom is 0.307 e. The topological polar surface area (TPSA) is 83.8 Å². The molecular weight excluding hydrogens is 344 g/mol. The number of carboxylic acids is 1. The second-order valence-electron chi connectivity index (χ2n) is 8.69. The van der Waals surface area contributed by atoms with E-state index in [9.17, 15) is 19.8 Å². The summed E-state index contributed by atoms with van der Waals surface area (Å²) in [6, 6.07) is 0. The Morgan fingerprint density at radius 3 is 2.63 bits per heavy atom. The number of hydrogen-bond acceptors (Lipinski definition) is 4. The first-order valence-corrected chi connectivity index (χ1v) is 9.97. The van der Waals surface area contributed by atoms with Crippen LogP contribution in [0.25, 0.3) is 0 Å². The molecule has 0 aromatic carbocycles. The van der Waals surface area contributed by atoms with E-state index in [1.54, 1.807) is 6.08 Å². The number of carbonyl (C=O) groups is 2. The van der Waals surface area contributed by atoms with Gasteiger partial charge in [0.05, 0.1) is 12.5 Å². The van der Waals surface area contributed by atoms with E-state index in [4.69, 9.17) is 4.74 Å². The largest absolute Gasteiger partial charge is 0.481 e. The number of hydrogen-bond donors (Lipinski definition) is 2. The van der Waals surface area contributed by atoms with E-state index in [0.29, 0.717) is 25.2 Å². The lowest BCUT2D eigenvalue weighted by molar-refractivity contribution is -0.156. The molecule has 0 amide bonds. The van der Waals surface area contributed by atoms with Gasteiger partial charge in [-0.3, -0.25) is 9.59 Å². The van der Waals surface area contributed by atoms with E-state index in [0.717, 1.165) is 24.8 Å². The molecule has 1 fully saturated rings. The highest BCUT2D eigenvalue weighted by Crippen LogP contribution is 2.62. The van der Waals surface area contributed by atoms with Crippen molar-refractivity contribution in [3.8, 4) is 0 Å². The Hall–Kier alpha value is -1.62. The zero-order valence-corrected chi connectivity index (χ0v) is 17.1. The molecule has 0 saturated heterocycles. The Morgan fingerprint density at radius 1 is 1.33 bits per heavy atom. The van der Waals surface area contributed by atoms with Crippen LogP contribution in [0.15, 0.2) is 23.3 Å². The lowest BCUT2D eigenvalue weighted by Crippen LogP contribution is -2.52. The molecule has 0 radical (unpaired) electrons. The molecule has 4 atom stereocenters.